The molecule has 120 valence electrons. The van der Waals surface area contributed by atoms with Crippen LogP contribution in [0.1, 0.15) is 5.56 Å². The van der Waals surface area contributed by atoms with Crippen molar-refractivity contribution >= 4 is 37.6 Å². The highest BCUT2D eigenvalue weighted by Gasteiger charge is 2.17. The molecule has 1 aromatic heterocycles. The summed E-state index contributed by atoms with van der Waals surface area (Å²) in [5, 5.41) is 1.69. The van der Waals surface area contributed by atoms with Gasteiger partial charge in [0.15, 0.2) is 0 Å². The lowest BCUT2D eigenvalue weighted by atomic mass is 10.1. The first-order valence-electron chi connectivity index (χ1n) is 7.54. The van der Waals surface area contributed by atoms with Gasteiger partial charge in [0.25, 0.3) is 10.0 Å². The third-order valence-corrected chi connectivity index (χ3v) is 5.41. The zero-order valence-corrected chi connectivity index (χ0v) is 13.8. The van der Waals surface area contributed by atoms with Gasteiger partial charge in [0, 0.05) is 10.8 Å². The SMILES string of the molecule is Cc1ccccc1NS(=O)(=O)c1ccc2oc3ccccc3c2c1. The number of aryl methyl sites for hydroxylation is 1. The van der Waals surface area contributed by atoms with Crippen molar-refractivity contribution in [1.29, 1.82) is 0 Å². The van der Waals surface area contributed by atoms with E-state index in [1.165, 1.54) is 0 Å². The molecule has 0 radical (unpaired) electrons. The highest BCUT2D eigenvalue weighted by Crippen LogP contribution is 2.31. The van der Waals surface area contributed by atoms with Crippen LogP contribution in [0.25, 0.3) is 21.9 Å². The smallest absolute Gasteiger partial charge is 0.261 e. The van der Waals surface area contributed by atoms with Crippen molar-refractivity contribution in [3.05, 3.63) is 72.3 Å². The summed E-state index contributed by atoms with van der Waals surface area (Å²) in [4.78, 5) is 0.213. The Labute approximate surface area is 139 Å². The van der Waals surface area contributed by atoms with E-state index in [1.807, 2.05) is 43.3 Å². The number of rotatable bonds is 3. The molecule has 0 bridgehead atoms. The van der Waals surface area contributed by atoms with E-state index in [1.54, 1.807) is 30.3 Å². The number of hydrogen-bond acceptors (Lipinski definition) is 3. The van der Waals surface area contributed by atoms with Crippen molar-refractivity contribution in [3.8, 4) is 0 Å². The second-order valence-corrected chi connectivity index (χ2v) is 7.36. The quantitative estimate of drug-likeness (QED) is 0.590. The van der Waals surface area contributed by atoms with E-state index in [2.05, 4.69) is 4.72 Å². The fraction of sp³-hybridized carbons (Fsp3) is 0.0526. The molecule has 4 rings (SSSR count). The van der Waals surface area contributed by atoms with Crippen LogP contribution in [0.2, 0.25) is 0 Å². The van der Waals surface area contributed by atoms with Crippen molar-refractivity contribution in [2.75, 3.05) is 4.72 Å². The van der Waals surface area contributed by atoms with Crippen LogP contribution in [0.5, 0.6) is 0 Å². The van der Waals surface area contributed by atoms with E-state index < -0.39 is 10.0 Å². The first kappa shape index (κ1) is 14.8. The number of fused-ring (bicyclic) bond motifs is 3. The van der Waals surface area contributed by atoms with Gasteiger partial charge in [-0.25, -0.2) is 8.42 Å². The largest absolute Gasteiger partial charge is 0.456 e. The molecule has 24 heavy (non-hydrogen) atoms. The highest BCUT2D eigenvalue weighted by atomic mass is 32.2. The van der Waals surface area contributed by atoms with E-state index in [-0.39, 0.29) is 4.90 Å². The van der Waals surface area contributed by atoms with Gasteiger partial charge in [0.2, 0.25) is 0 Å². The maximum Gasteiger partial charge on any atom is 0.261 e. The Hall–Kier alpha value is -2.79. The van der Waals surface area contributed by atoms with Gasteiger partial charge in [-0.1, -0.05) is 36.4 Å². The molecule has 5 heteroatoms. The van der Waals surface area contributed by atoms with Crippen LogP contribution >= 0.6 is 0 Å². The summed E-state index contributed by atoms with van der Waals surface area (Å²) in [6, 6.07) is 19.8. The first-order valence-corrected chi connectivity index (χ1v) is 9.03. The summed E-state index contributed by atoms with van der Waals surface area (Å²) in [6.45, 7) is 1.87. The second kappa shape index (κ2) is 5.39. The van der Waals surface area contributed by atoms with Crippen LogP contribution < -0.4 is 4.72 Å². The number of hydrogen-bond donors (Lipinski definition) is 1. The summed E-state index contributed by atoms with van der Waals surface area (Å²) in [5.41, 5.74) is 2.87. The lowest BCUT2D eigenvalue weighted by molar-refractivity contribution is 0.601. The van der Waals surface area contributed by atoms with Crippen LogP contribution in [0.15, 0.2) is 76.0 Å². The molecule has 3 aromatic carbocycles. The van der Waals surface area contributed by atoms with Gasteiger partial charge < -0.3 is 4.42 Å². The number of para-hydroxylation sites is 2. The Balaban J connectivity index is 1.83. The maximum atomic E-state index is 12.7. The average Bonchev–Trinajstić information content (AvgIpc) is 2.95. The van der Waals surface area contributed by atoms with E-state index in [4.69, 9.17) is 4.42 Å². The number of anilines is 1. The molecular formula is C19H15NO3S. The van der Waals surface area contributed by atoms with Gasteiger partial charge in [-0.3, -0.25) is 4.72 Å². The summed E-state index contributed by atoms with van der Waals surface area (Å²) >= 11 is 0. The molecule has 0 spiro atoms. The lowest BCUT2D eigenvalue weighted by Crippen LogP contribution is -2.13. The van der Waals surface area contributed by atoms with E-state index in [9.17, 15) is 8.42 Å². The minimum Gasteiger partial charge on any atom is -0.456 e. The normalized spacial score (nSPS) is 11.9. The third-order valence-electron chi connectivity index (χ3n) is 4.05. The fourth-order valence-corrected chi connectivity index (χ4v) is 3.92. The molecular weight excluding hydrogens is 322 g/mol. The minimum absolute atomic E-state index is 0.213. The van der Waals surface area contributed by atoms with Crippen LogP contribution in [0.3, 0.4) is 0 Å². The molecule has 0 saturated carbocycles. The molecule has 0 fully saturated rings. The van der Waals surface area contributed by atoms with E-state index >= 15 is 0 Å². The van der Waals surface area contributed by atoms with Gasteiger partial charge in [0.1, 0.15) is 11.2 Å². The molecule has 0 aliphatic rings. The monoisotopic (exact) mass is 337 g/mol. The Morgan fingerprint density at radius 1 is 0.833 bits per heavy atom. The lowest BCUT2D eigenvalue weighted by Gasteiger charge is -2.10. The zero-order valence-electron chi connectivity index (χ0n) is 13.0. The molecule has 0 saturated heterocycles. The molecule has 0 amide bonds. The Bertz CT molecular complexity index is 1160. The van der Waals surface area contributed by atoms with Crippen molar-refractivity contribution in [3.63, 3.8) is 0 Å². The van der Waals surface area contributed by atoms with E-state index in [0.29, 0.717) is 11.3 Å². The number of sulfonamides is 1. The molecule has 1 N–H and O–H groups in total. The molecule has 4 nitrogen and oxygen atoms in total. The first-order chi connectivity index (χ1) is 11.5. The Morgan fingerprint density at radius 2 is 1.54 bits per heavy atom. The van der Waals surface area contributed by atoms with Gasteiger partial charge >= 0.3 is 0 Å². The average molecular weight is 337 g/mol. The molecule has 0 aliphatic carbocycles. The third kappa shape index (κ3) is 2.43. The van der Waals surface area contributed by atoms with Crippen molar-refractivity contribution in [1.82, 2.24) is 0 Å². The second-order valence-electron chi connectivity index (χ2n) is 5.68. The molecule has 0 atom stereocenters. The maximum absolute atomic E-state index is 12.7. The van der Waals surface area contributed by atoms with Gasteiger partial charge in [0.05, 0.1) is 10.6 Å². The molecule has 4 aromatic rings. The Morgan fingerprint density at radius 3 is 2.38 bits per heavy atom. The predicted octanol–water partition coefficient (Wildman–Crippen LogP) is 4.70. The number of nitrogens with one attached hydrogen (secondary N) is 1. The van der Waals surface area contributed by atoms with E-state index in [0.717, 1.165) is 21.9 Å². The summed E-state index contributed by atoms with van der Waals surface area (Å²) in [6.07, 6.45) is 0. The summed E-state index contributed by atoms with van der Waals surface area (Å²) < 4.78 is 33.8. The predicted molar refractivity (Wildman–Crippen MR) is 95.7 cm³/mol. The minimum atomic E-state index is -3.67. The van der Waals surface area contributed by atoms with Crippen molar-refractivity contribution < 1.29 is 12.8 Å². The van der Waals surface area contributed by atoms with Crippen molar-refractivity contribution in [2.24, 2.45) is 0 Å². The summed E-state index contributed by atoms with van der Waals surface area (Å²) in [7, 11) is -3.67. The molecule has 1 heterocycles. The van der Waals surface area contributed by atoms with Crippen LogP contribution in [-0.4, -0.2) is 8.42 Å². The van der Waals surface area contributed by atoms with Crippen LogP contribution in [0.4, 0.5) is 5.69 Å². The molecule has 0 unspecified atom stereocenters. The zero-order chi connectivity index (χ0) is 16.7. The topological polar surface area (TPSA) is 59.3 Å². The Kier molecular flexibility index (Phi) is 3.32. The van der Waals surface area contributed by atoms with Gasteiger partial charge in [-0.2, -0.15) is 0 Å². The van der Waals surface area contributed by atoms with Gasteiger partial charge in [-0.05, 0) is 42.8 Å². The molecule has 0 aliphatic heterocycles. The van der Waals surface area contributed by atoms with Gasteiger partial charge in [-0.15, -0.1) is 0 Å². The summed E-state index contributed by atoms with van der Waals surface area (Å²) in [5.74, 6) is 0. The van der Waals surface area contributed by atoms with Crippen LogP contribution in [0, 0.1) is 6.92 Å². The highest BCUT2D eigenvalue weighted by molar-refractivity contribution is 7.92. The van der Waals surface area contributed by atoms with Crippen molar-refractivity contribution in [2.45, 2.75) is 11.8 Å². The number of benzene rings is 3. The van der Waals surface area contributed by atoms with Crippen LogP contribution in [-0.2, 0) is 10.0 Å². The standard InChI is InChI=1S/C19H15NO3S/c1-13-6-2-4-8-17(13)20-24(21,22)14-10-11-19-16(12-14)15-7-3-5-9-18(15)23-19/h2-12,20H,1H3. The number of furan rings is 1. The fourth-order valence-electron chi connectivity index (χ4n) is 2.76.